The van der Waals surface area contributed by atoms with Crippen LogP contribution in [0.2, 0.25) is 0 Å². The van der Waals surface area contributed by atoms with E-state index >= 15 is 0 Å². The highest BCUT2D eigenvalue weighted by Gasteiger charge is 2.20. The molecule has 0 saturated carbocycles. The Kier molecular flexibility index (Phi) is 5.47. The van der Waals surface area contributed by atoms with Gasteiger partial charge in [0.1, 0.15) is 32.8 Å². The quantitative estimate of drug-likeness (QED) is 0.456. The molecular weight excluding hydrogens is 431 g/mol. The monoisotopic (exact) mass is 445 g/mol. The Morgan fingerprint density at radius 3 is 2.45 bits per heavy atom. The van der Waals surface area contributed by atoms with E-state index in [1.54, 1.807) is 29.8 Å². The van der Waals surface area contributed by atoms with Crippen LogP contribution in [-0.2, 0) is 9.53 Å². The predicted molar refractivity (Wildman–Crippen MR) is 109 cm³/mol. The number of amides is 1. The van der Waals surface area contributed by atoms with Crippen molar-refractivity contribution in [2.24, 2.45) is 0 Å². The number of nitrogens with one attached hydrogen (secondary N) is 1. The highest BCUT2D eigenvalue weighted by molar-refractivity contribution is 7.20. The number of anilines is 1. The molecule has 0 spiro atoms. The molecule has 31 heavy (non-hydrogen) atoms. The van der Waals surface area contributed by atoms with E-state index in [0.29, 0.717) is 21.6 Å². The zero-order valence-electron chi connectivity index (χ0n) is 16.0. The van der Waals surface area contributed by atoms with E-state index in [0.717, 1.165) is 29.5 Å². The van der Waals surface area contributed by atoms with Crippen molar-refractivity contribution >= 4 is 39.1 Å². The number of carbonyl (C=O) groups is 2. The van der Waals surface area contributed by atoms with Crippen molar-refractivity contribution in [3.05, 3.63) is 76.6 Å². The van der Waals surface area contributed by atoms with Gasteiger partial charge in [-0.25, -0.2) is 22.6 Å². The van der Waals surface area contributed by atoms with E-state index in [1.165, 1.54) is 12.1 Å². The number of para-hydroxylation sites is 1. The summed E-state index contributed by atoms with van der Waals surface area (Å²) in [6, 6.07) is 10.5. The molecule has 0 unspecified atom stereocenters. The first-order chi connectivity index (χ1) is 14.8. The lowest BCUT2D eigenvalue weighted by molar-refractivity contribution is -0.119. The van der Waals surface area contributed by atoms with E-state index in [4.69, 9.17) is 4.74 Å². The van der Waals surface area contributed by atoms with Crippen molar-refractivity contribution < 1.29 is 27.5 Å². The molecule has 2 aromatic heterocycles. The second-order valence-corrected chi connectivity index (χ2v) is 7.55. The summed E-state index contributed by atoms with van der Waals surface area (Å²) in [4.78, 5) is 25.2. The summed E-state index contributed by atoms with van der Waals surface area (Å²) in [5, 5.41) is 7.16. The van der Waals surface area contributed by atoms with Gasteiger partial charge in [0.15, 0.2) is 6.61 Å². The number of ether oxygens (including phenoxy) is 1. The maximum absolute atomic E-state index is 13.6. The van der Waals surface area contributed by atoms with Crippen molar-refractivity contribution in [3.8, 4) is 5.69 Å². The third-order valence-corrected chi connectivity index (χ3v) is 5.47. The molecule has 1 N–H and O–H groups in total. The number of benzene rings is 2. The molecule has 0 aliphatic carbocycles. The summed E-state index contributed by atoms with van der Waals surface area (Å²) < 4.78 is 47.0. The molecule has 2 aromatic carbocycles. The van der Waals surface area contributed by atoms with E-state index in [2.05, 4.69) is 5.10 Å². The van der Waals surface area contributed by atoms with E-state index in [-0.39, 0.29) is 10.7 Å². The van der Waals surface area contributed by atoms with Gasteiger partial charge in [0, 0.05) is 5.39 Å². The Bertz CT molecular complexity index is 1280. The molecule has 0 radical (unpaired) electrons. The van der Waals surface area contributed by atoms with Gasteiger partial charge in [-0.1, -0.05) is 6.07 Å². The second kappa shape index (κ2) is 8.23. The van der Waals surface area contributed by atoms with Crippen LogP contribution in [0.15, 0.2) is 48.5 Å². The smallest absolute Gasteiger partial charge is 0.348 e. The Balaban J connectivity index is 1.49. The van der Waals surface area contributed by atoms with E-state index in [9.17, 15) is 22.8 Å². The number of esters is 1. The second-order valence-electron chi connectivity index (χ2n) is 6.52. The van der Waals surface area contributed by atoms with Crippen LogP contribution in [0.5, 0.6) is 0 Å². The number of rotatable bonds is 5. The molecule has 158 valence electrons. The summed E-state index contributed by atoms with van der Waals surface area (Å²) in [6.45, 7) is 1.05. The average molecular weight is 445 g/mol. The molecular formula is C21H14F3N3O3S. The van der Waals surface area contributed by atoms with Gasteiger partial charge in [0.25, 0.3) is 5.91 Å². The maximum Gasteiger partial charge on any atom is 0.348 e. The molecule has 0 saturated heterocycles. The molecule has 0 aliphatic heterocycles. The van der Waals surface area contributed by atoms with Crippen LogP contribution >= 0.6 is 11.3 Å². The number of hydrogen-bond donors (Lipinski definition) is 1. The summed E-state index contributed by atoms with van der Waals surface area (Å²) in [7, 11) is 0. The summed E-state index contributed by atoms with van der Waals surface area (Å²) in [6.07, 6.45) is 0. The van der Waals surface area contributed by atoms with Gasteiger partial charge in [0.2, 0.25) is 0 Å². The molecule has 4 aromatic rings. The first-order valence-corrected chi connectivity index (χ1v) is 9.81. The van der Waals surface area contributed by atoms with Crippen LogP contribution < -0.4 is 5.32 Å². The number of hydrogen-bond acceptors (Lipinski definition) is 5. The van der Waals surface area contributed by atoms with Gasteiger partial charge in [-0.3, -0.25) is 4.79 Å². The predicted octanol–water partition coefficient (Wildman–Crippen LogP) is 4.61. The van der Waals surface area contributed by atoms with Crippen LogP contribution in [0.25, 0.3) is 15.9 Å². The molecule has 10 heteroatoms. The van der Waals surface area contributed by atoms with Crippen molar-refractivity contribution in [2.75, 3.05) is 11.9 Å². The highest BCUT2D eigenvalue weighted by Crippen LogP contribution is 2.31. The molecule has 1 amide bonds. The summed E-state index contributed by atoms with van der Waals surface area (Å²) >= 11 is 1.09. The normalized spacial score (nSPS) is 11.0. The van der Waals surface area contributed by atoms with Crippen molar-refractivity contribution in [2.45, 2.75) is 6.92 Å². The topological polar surface area (TPSA) is 73.2 Å². The highest BCUT2D eigenvalue weighted by atomic mass is 32.1. The largest absolute Gasteiger partial charge is 0.451 e. The molecule has 2 heterocycles. The number of halogens is 3. The summed E-state index contributed by atoms with van der Waals surface area (Å²) in [5.41, 5.74) is 0.662. The number of carbonyl (C=O) groups excluding carboxylic acids is 2. The number of aryl methyl sites for hydroxylation is 1. The molecule has 0 atom stereocenters. The van der Waals surface area contributed by atoms with E-state index < -0.39 is 35.8 Å². The third kappa shape index (κ3) is 4.15. The Morgan fingerprint density at radius 2 is 1.77 bits per heavy atom. The number of aromatic nitrogens is 2. The fourth-order valence-corrected chi connectivity index (χ4v) is 3.98. The third-order valence-electron chi connectivity index (χ3n) is 4.38. The Hall–Kier alpha value is -3.66. The van der Waals surface area contributed by atoms with Gasteiger partial charge < -0.3 is 10.1 Å². The number of thiophene rings is 1. The molecule has 4 rings (SSSR count). The van der Waals surface area contributed by atoms with Crippen LogP contribution in [0.3, 0.4) is 0 Å². The fourth-order valence-electron chi connectivity index (χ4n) is 2.90. The first kappa shape index (κ1) is 20.6. The van der Waals surface area contributed by atoms with Crippen LogP contribution in [0.1, 0.15) is 15.4 Å². The average Bonchev–Trinajstić information content (AvgIpc) is 3.30. The van der Waals surface area contributed by atoms with Crippen molar-refractivity contribution in [1.82, 2.24) is 9.78 Å². The Morgan fingerprint density at radius 1 is 1.10 bits per heavy atom. The standard InChI is InChI=1S/C21H14F3N3O3S/c1-11-14-9-17(31-20(14)27(26-11)13-7-5-12(22)6-8-13)21(29)30-10-18(28)25-19-15(23)3-2-4-16(19)24/h2-9H,10H2,1H3,(H,25,28). The fraction of sp³-hybridized carbons (Fsp3) is 0.0952. The minimum Gasteiger partial charge on any atom is -0.451 e. The van der Waals surface area contributed by atoms with E-state index in [1.807, 2.05) is 5.32 Å². The minimum absolute atomic E-state index is 0.219. The van der Waals surface area contributed by atoms with Crippen LogP contribution in [0, 0.1) is 24.4 Å². The molecule has 0 aliphatic rings. The van der Waals surface area contributed by atoms with Gasteiger partial charge in [0.05, 0.1) is 11.4 Å². The maximum atomic E-state index is 13.6. The zero-order chi connectivity index (χ0) is 22.1. The zero-order valence-corrected chi connectivity index (χ0v) is 16.8. The number of nitrogens with zero attached hydrogens (tertiary/aromatic N) is 2. The first-order valence-electron chi connectivity index (χ1n) is 8.99. The van der Waals surface area contributed by atoms with Gasteiger partial charge >= 0.3 is 5.97 Å². The van der Waals surface area contributed by atoms with Gasteiger partial charge in [-0.15, -0.1) is 11.3 Å². The van der Waals surface area contributed by atoms with Gasteiger partial charge in [-0.2, -0.15) is 5.10 Å². The lowest BCUT2D eigenvalue weighted by atomic mass is 10.3. The SMILES string of the molecule is Cc1nn(-c2ccc(F)cc2)c2sc(C(=O)OCC(=O)Nc3c(F)cccc3F)cc12. The minimum atomic E-state index is -0.940. The lowest BCUT2D eigenvalue weighted by Crippen LogP contribution is -2.21. The molecule has 0 fully saturated rings. The van der Waals surface area contributed by atoms with Crippen LogP contribution in [-0.4, -0.2) is 28.3 Å². The van der Waals surface area contributed by atoms with Crippen LogP contribution in [0.4, 0.5) is 18.9 Å². The number of fused-ring (bicyclic) bond motifs is 1. The van der Waals surface area contributed by atoms with Crippen molar-refractivity contribution in [1.29, 1.82) is 0 Å². The molecule has 6 nitrogen and oxygen atoms in total. The Labute approximate surface area is 177 Å². The summed E-state index contributed by atoms with van der Waals surface area (Å²) in [5.74, 6) is -3.91. The van der Waals surface area contributed by atoms with Crippen molar-refractivity contribution in [3.63, 3.8) is 0 Å². The lowest BCUT2D eigenvalue weighted by Gasteiger charge is -2.07. The molecule has 0 bridgehead atoms. The van der Waals surface area contributed by atoms with Gasteiger partial charge in [-0.05, 0) is 49.4 Å².